The topological polar surface area (TPSA) is 47.3 Å². The summed E-state index contributed by atoms with van der Waals surface area (Å²) in [5.41, 5.74) is 2.14. The number of hydrogen-bond donors (Lipinski definition) is 1. The molecule has 4 heteroatoms. The lowest BCUT2D eigenvalue weighted by molar-refractivity contribution is 0.289. The molecule has 0 saturated carbocycles. The molecule has 108 valence electrons. The maximum Gasteiger partial charge on any atom is 0.124 e. The van der Waals surface area contributed by atoms with Crippen LogP contribution >= 0.6 is 0 Å². The van der Waals surface area contributed by atoms with Crippen LogP contribution in [0.2, 0.25) is 0 Å². The first-order chi connectivity index (χ1) is 9.74. The van der Waals surface area contributed by atoms with Crippen LogP contribution in [0, 0.1) is 5.92 Å². The normalized spacial score (nSPS) is 10.9. The van der Waals surface area contributed by atoms with Gasteiger partial charge in [-0.3, -0.25) is 0 Å². The van der Waals surface area contributed by atoms with Crippen molar-refractivity contribution in [1.29, 1.82) is 0 Å². The summed E-state index contributed by atoms with van der Waals surface area (Å²) in [5.74, 6) is 1.61. The van der Waals surface area contributed by atoms with Crippen LogP contribution in [-0.4, -0.2) is 11.8 Å². The maximum atomic E-state index is 5.69. The first kappa shape index (κ1) is 14.6. The standard InChI is InChI=1S/C16H22N2O2/c1-13(2)7-9-19-16-5-3-14(4-6-16)11-17-12-15-8-10-20-18-15/h3-6,8,10,13,17H,7,9,11-12H2,1-2H3. The molecule has 0 aliphatic rings. The van der Waals surface area contributed by atoms with Crippen LogP contribution in [0.15, 0.2) is 41.1 Å². The Labute approximate surface area is 120 Å². The van der Waals surface area contributed by atoms with E-state index in [1.54, 1.807) is 6.26 Å². The van der Waals surface area contributed by atoms with E-state index in [9.17, 15) is 0 Å². The van der Waals surface area contributed by atoms with Gasteiger partial charge < -0.3 is 14.6 Å². The summed E-state index contributed by atoms with van der Waals surface area (Å²) in [6.07, 6.45) is 2.67. The lowest BCUT2D eigenvalue weighted by Crippen LogP contribution is -2.12. The van der Waals surface area contributed by atoms with Gasteiger partial charge in [-0.25, -0.2) is 0 Å². The smallest absolute Gasteiger partial charge is 0.124 e. The van der Waals surface area contributed by atoms with Crippen molar-refractivity contribution >= 4 is 0 Å². The van der Waals surface area contributed by atoms with Gasteiger partial charge in [0.25, 0.3) is 0 Å². The van der Waals surface area contributed by atoms with Crippen LogP contribution in [0.5, 0.6) is 5.75 Å². The van der Waals surface area contributed by atoms with E-state index in [2.05, 4.69) is 36.5 Å². The van der Waals surface area contributed by atoms with Gasteiger partial charge in [0.1, 0.15) is 12.0 Å². The number of rotatable bonds is 8. The fraction of sp³-hybridized carbons (Fsp3) is 0.438. The number of ether oxygens (including phenoxy) is 1. The molecule has 0 aliphatic heterocycles. The monoisotopic (exact) mass is 274 g/mol. The zero-order valence-corrected chi connectivity index (χ0v) is 12.1. The van der Waals surface area contributed by atoms with E-state index in [0.29, 0.717) is 12.5 Å². The Morgan fingerprint density at radius 2 is 1.95 bits per heavy atom. The molecule has 20 heavy (non-hydrogen) atoms. The van der Waals surface area contributed by atoms with E-state index >= 15 is 0 Å². The predicted molar refractivity (Wildman–Crippen MR) is 78.4 cm³/mol. The van der Waals surface area contributed by atoms with Crippen molar-refractivity contribution in [3.05, 3.63) is 47.9 Å². The molecule has 0 spiro atoms. The quantitative estimate of drug-likeness (QED) is 0.801. The highest BCUT2D eigenvalue weighted by Gasteiger charge is 1.99. The molecule has 1 aromatic carbocycles. The summed E-state index contributed by atoms with van der Waals surface area (Å²) in [5, 5.41) is 7.17. The summed E-state index contributed by atoms with van der Waals surface area (Å²) in [6, 6.07) is 10.1. The molecule has 0 fully saturated rings. The van der Waals surface area contributed by atoms with Crippen molar-refractivity contribution in [1.82, 2.24) is 10.5 Å². The second kappa shape index (κ2) is 7.70. The average molecular weight is 274 g/mol. The average Bonchev–Trinajstić information content (AvgIpc) is 2.93. The molecule has 0 amide bonds. The van der Waals surface area contributed by atoms with Crippen LogP contribution in [0.1, 0.15) is 31.5 Å². The Hall–Kier alpha value is -1.81. The van der Waals surface area contributed by atoms with Crippen molar-refractivity contribution in [2.24, 2.45) is 5.92 Å². The highest BCUT2D eigenvalue weighted by molar-refractivity contribution is 5.27. The van der Waals surface area contributed by atoms with Crippen molar-refractivity contribution in [2.75, 3.05) is 6.61 Å². The molecule has 4 nitrogen and oxygen atoms in total. The molecule has 2 rings (SSSR count). The van der Waals surface area contributed by atoms with Crippen molar-refractivity contribution in [3.8, 4) is 5.75 Å². The van der Waals surface area contributed by atoms with Crippen LogP contribution in [0.3, 0.4) is 0 Å². The number of hydrogen-bond acceptors (Lipinski definition) is 4. The van der Waals surface area contributed by atoms with Crippen LogP contribution < -0.4 is 10.1 Å². The summed E-state index contributed by atoms with van der Waals surface area (Å²) < 4.78 is 10.5. The number of nitrogens with zero attached hydrogens (tertiary/aromatic N) is 1. The van der Waals surface area contributed by atoms with Gasteiger partial charge in [-0.15, -0.1) is 0 Å². The van der Waals surface area contributed by atoms with Crippen molar-refractivity contribution < 1.29 is 9.26 Å². The Kier molecular flexibility index (Phi) is 5.62. The third-order valence-electron chi connectivity index (χ3n) is 3.01. The van der Waals surface area contributed by atoms with E-state index < -0.39 is 0 Å². The second-order valence-corrected chi connectivity index (χ2v) is 5.27. The SMILES string of the molecule is CC(C)CCOc1ccc(CNCc2ccon2)cc1. The molecule has 1 N–H and O–H groups in total. The molecule has 1 heterocycles. The summed E-state index contributed by atoms with van der Waals surface area (Å²) in [4.78, 5) is 0. The van der Waals surface area contributed by atoms with E-state index in [0.717, 1.165) is 31.0 Å². The molecule has 0 atom stereocenters. The lowest BCUT2D eigenvalue weighted by atomic mass is 10.1. The van der Waals surface area contributed by atoms with Crippen molar-refractivity contribution in [2.45, 2.75) is 33.4 Å². The van der Waals surface area contributed by atoms with Gasteiger partial charge in [-0.05, 0) is 30.0 Å². The molecule has 1 aromatic heterocycles. The highest BCUT2D eigenvalue weighted by Crippen LogP contribution is 2.13. The fourth-order valence-electron chi connectivity index (χ4n) is 1.78. The molecule has 0 unspecified atom stereocenters. The highest BCUT2D eigenvalue weighted by atomic mass is 16.5. The third-order valence-corrected chi connectivity index (χ3v) is 3.01. The van der Waals surface area contributed by atoms with Crippen LogP contribution in [-0.2, 0) is 13.1 Å². The molecule has 0 saturated heterocycles. The van der Waals surface area contributed by atoms with Gasteiger partial charge in [0.2, 0.25) is 0 Å². The summed E-state index contributed by atoms with van der Waals surface area (Å²) in [7, 11) is 0. The Morgan fingerprint density at radius 1 is 1.15 bits per heavy atom. The Bertz CT molecular complexity index is 478. The number of nitrogens with one attached hydrogen (secondary N) is 1. The minimum absolute atomic E-state index is 0.676. The van der Waals surface area contributed by atoms with Gasteiger partial charge in [0, 0.05) is 19.2 Å². The zero-order chi connectivity index (χ0) is 14.2. The number of aromatic nitrogens is 1. The summed E-state index contributed by atoms with van der Waals surface area (Å²) in [6.45, 7) is 6.70. The molecule has 2 aromatic rings. The van der Waals surface area contributed by atoms with Gasteiger partial charge >= 0.3 is 0 Å². The zero-order valence-electron chi connectivity index (χ0n) is 12.1. The van der Waals surface area contributed by atoms with E-state index in [1.807, 2.05) is 18.2 Å². The summed E-state index contributed by atoms with van der Waals surface area (Å²) >= 11 is 0. The molecule has 0 bridgehead atoms. The molecule has 0 aliphatic carbocycles. The van der Waals surface area contributed by atoms with Crippen molar-refractivity contribution in [3.63, 3.8) is 0 Å². The molecular weight excluding hydrogens is 252 g/mol. The predicted octanol–water partition coefficient (Wildman–Crippen LogP) is 3.39. The Morgan fingerprint density at radius 3 is 2.60 bits per heavy atom. The van der Waals surface area contributed by atoms with Gasteiger partial charge in [0.15, 0.2) is 0 Å². The van der Waals surface area contributed by atoms with Crippen LogP contribution in [0.4, 0.5) is 0 Å². The Balaban J connectivity index is 1.71. The molecular formula is C16H22N2O2. The third kappa shape index (κ3) is 5.05. The maximum absolute atomic E-state index is 5.69. The van der Waals surface area contributed by atoms with E-state index in [1.165, 1.54) is 5.56 Å². The van der Waals surface area contributed by atoms with Crippen LogP contribution in [0.25, 0.3) is 0 Å². The van der Waals surface area contributed by atoms with Gasteiger partial charge in [-0.1, -0.05) is 31.1 Å². The van der Waals surface area contributed by atoms with Gasteiger partial charge in [-0.2, -0.15) is 0 Å². The number of benzene rings is 1. The largest absolute Gasteiger partial charge is 0.494 e. The minimum Gasteiger partial charge on any atom is -0.494 e. The second-order valence-electron chi connectivity index (χ2n) is 5.27. The van der Waals surface area contributed by atoms with Gasteiger partial charge in [0.05, 0.1) is 12.3 Å². The molecule has 0 radical (unpaired) electrons. The first-order valence-corrected chi connectivity index (χ1v) is 7.06. The van der Waals surface area contributed by atoms with E-state index in [4.69, 9.17) is 9.26 Å². The lowest BCUT2D eigenvalue weighted by Gasteiger charge is -2.09. The first-order valence-electron chi connectivity index (χ1n) is 7.06. The minimum atomic E-state index is 0.676. The fourth-order valence-corrected chi connectivity index (χ4v) is 1.78. The van der Waals surface area contributed by atoms with E-state index in [-0.39, 0.29) is 0 Å².